The van der Waals surface area contributed by atoms with Gasteiger partial charge in [-0.05, 0) is 49.6 Å². The summed E-state index contributed by atoms with van der Waals surface area (Å²) in [5.41, 5.74) is 1.39. The quantitative estimate of drug-likeness (QED) is 0.654. The summed E-state index contributed by atoms with van der Waals surface area (Å²) >= 11 is 0. The Morgan fingerprint density at radius 1 is 1.03 bits per heavy atom. The summed E-state index contributed by atoms with van der Waals surface area (Å²) in [6, 6.07) is 11.7. The standard InChI is InChI=1S/C20H23F3N2O3S/c1-15-5-7-16(8-6-15)4-3-13-24-19(26)14-25(29(2,27)28)18-11-9-17(10-12-18)20(21,22)23/h5-12H,3-4,13-14H2,1-2H3,(H,24,26). The van der Waals surface area contributed by atoms with Gasteiger partial charge in [0.2, 0.25) is 15.9 Å². The maximum atomic E-state index is 12.7. The SMILES string of the molecule is Cc1ccc(CCCNC(=O)CN(c2ccc(C(F)(F)F)cc2)S(C)(=O)=O)cc1. The zero-order valence-electron chi connectivity index (χ0n) is 16.2. The Morgan fingerprint density at radius 3 is 2.14 bits per heavy atom. The molecule has 158 valence electrons. The third-order valence-corrected chi connectivity index (χ3v) is 5.40. The van der Waals surface area contributed by atoms with Crippen molar-refractivity contribution in [3.8, 4) is 0 Å². The lowest BCUT2D eigenvalue weighted by Crippen LogP contribution is -2.40. The monoisotopic (exact) mass is 428 g/mol. The molecule has 1 amide bonds. The van der Waals surface area contributed by atoms with Gasteiger partial charge in [0.1, 0.15) is 6.54 Å². The number of sulfonamides is 1. The van der Waals surface area contributed by atoms with Crippen molar-refractivity contribution in [1.29, 1.82) is 0 Å². The zero-order valence-corrected chi connectivity index (χ0v) is 17.0. The second-order valence-electron chi connectivity index (χ2n) is 6.75. The molecule has 5 nitrogen and oxygen atoms in total. The van der Waals surface area contributed by atoms with Gasteiger partial charge in [-0.2, -0.15) is 13.2 Å². The summed E-state index contributed by atoms with van der Waals surface area (Å²) in [4.78, 5) is 12.2. The molecule has 0 saturated carbocycles. The number of aryl methyl sites for hydroxylation is 2. The first-order valence-corrected chi connectivity index (χ1v) is 10.8. The lowest BCUT2D eigenvalue weighted by Gasteiger charge is -2.22. The van der Waals surface area contributed by atoms with Crippen LogP contribution in [0.1, 0.15) is 23.1 Å². The lowest BCUT2D eigenvalue weighted by molar-refractivity contribution is -0.137. The molecule has 0 aliphatic rings. The maximum Gasteiger partial charge on any atom is 0.416 e. The topological polar surface area (TPSA) is 66.5 Å². The van der Waals surface area contributed by atoms with Gasteiger partial charge in [-0.25, -0.2) is 8.42 Å². The molecule has 0 fully saturated rings. The lowest BCUT2D eigenvalue weighted by atomic mass is 10.1. The van der Waals surface area contributed by atoms with E-state index in [0.717, 1.165) is 52.4 Å². The van der Waals surface area contributed by atoms with Crippen molar-refractivity contribution in [1.82, 2.24) is 5.32 Å². The molecule has 0 aliphatic carbocycles. The van der Waals surface area contributed by atoms with Gasteiger partial charge in [-0.15, -0.1) is 0 Å². The van der Waals surface area contributed by atoms with Gasteiger partial charge in [0.25, 0.3) is 0 Å². The minimum absolute atomic E-state index is 0.00435. The molecule has 9 heteroatoms. The Bertz CT molecular complexity index is 925. The van der Waals surface area contributed by atoms with Crippen LogP contribution in [-0.2, 0) is 27.4 Å². The number of rotatable bonds is 8. The molecule has 2 rings (SSSR count). The van der Waals surface area contributed by atoms with Crippen LogP contribution >= 0.6 is 0 Å². The second-order valence-corrected chi connectivity index (χ2v) is 8.66. The number of hydrogen-bond donors (Lipinski definition) is 1. The average molecular weight is 428 g/mol. The van der Waals surface area contributed by atoms with Crippen LogP contribution in [-0.4, -0.2) is 33.7 Å². The fourth-order valence-electron chi connectivity index (χ4n) is 2.68. The van der Waals surface area contributed by atoms with Crippen molar-refractivity contribution in [3.05, 3.63) is 65.2 Å². The van der Waals surface area contributed by atoms with E-state index in [9.17, 15) is 26.4 Å². The average Bonchev–Trinajstić information content (AvgIpc) is 2.63. The highest BCUT2D eigenvalue weighted by Gasteiger charge is 2.30. The Balaban J connectivity index is 1.94. The van der Waals surface area contributed by atoms with Crippen LogP contribution in [0.15, 0.2) is 48.5 Å². The number of anilines is 1. The van der Waals surface area contributed by atoms with E-state index in [-0.39, 0.29) is 5.69 Å². The number of benzene rings is 2. The summed E-state index contributed by atoms with van der Waals surface area (Å²) in [5, 5.41) is 2.65. The number of carbonyl (C=O) groups excluding carboxylic acids is 1. The van der Waals surface area contributed by atoms with Gasteiger partial charge in [-0.1, -0.05) is 29.8 Å². The summed E-state index contributed by atoms with van der Waals surface area (Å²) < 4.78 is 62.9. The zero-order chi connectivity index (χ0) is 21.7. The largest absolute Gasteiger partial charge is 0.416 e. The van der Waals surface area contributed by atoms with Crippen LogP contribution in [0, 0.1) is 6.92 Å². The molecule has 0 atom stereocenters. The molecule has 2 aromatic rings. The van der Waals surface area contributed by atoms with E-state index in [2.05, 4.69) is 5.32 Å². The van der Waals surface area contributed by atoms with Gasteiger partial charge in [0.15, 0.2) is 0 Å². The van der Waals surface area contributed by atoms with Crippen LogP contribution in [0.5, 0.6) is 0 Å². The number of hydrogen-bond acceptors (Lipinski definition) is 3. The van der Waals surface area contributed by atoms with Gasteiger partial charge in [-0.3, -0.25) is 9.10 Å². The predicted octanol–water partition coefficient (Wildman–Crippen LogP) is 3.53. The smallest absolute Gasteiger partial charge is 0.355 e. The number of carbonyl (C=O) groups is 1. The first-order valence-electron chi connectivity index (χ1n) is 8.94. The Morgan fingerprint density at radius 2 is 1.62 bits per heavy atom. The van der Waals surface area contributed by atoms with E-state index >= 15 is 0 Å². The molecule has 0 radical (unpaired) electrons. The minimum Gasteiger partial charge on any atom is -0.355 e. The molecular weight excluding hydrogens is 405 g/mol. The van der Waals surface area contributed by atoms with Crippen LogP contribution in [0.3, 0.4) is 0 Å². The minimum atomic E-state index is -4.52. The highest BCUT2D eigenvalue weighted by molar-refractivity contribution is 7.92. The fraction of sp³-hybridized carbons (Fsp3) is 0.350. The van der Waals surface area contributed by atoms with Crippen LogP contribution in [0.2, 0.25) is 0 Å². The molecule has 29 heavy (non-hydrogen) atoms. The molecule has 0 aromatic heterocycles. The van der Waals surface area contributed by atoms with Crippen molar-refractivity contribution >= 4 is 21.6 Å². The number of nitrogens with one attached hydrogen (secondary N) is 1. The fourth-order valence-corrected chi connectivity index (χ4v) is 3.53. The van der Waals surface area contributed by atoms with Gasteiger partial charge < -0.3 is 5.32 Å². The molecular formula is C20H23F3N2O3S. The van der Waals surface area contributed by atoms with Gasteiger partial charge in [0.05, 0.1) is 17.5 Å². The van der Waals surface area contributed by atoms with Crippen molar-refractivity contribution in [2.75, 3.05) is 23.7 Å². The third-order valence-electron chi connectivity index (χ3n) is 4.26. The summed E-state index contributed by atoms with van der Waals surface area (Å²) in [6.07, 6.45) is -2.19. The highest BCUT2D eigenvalue weighted by Crippen LogP contribution is 2.30. The molecule has 0 saturated heterocycles. The number of nitrogens with zero attached hydrogens (tertiary/aromatic N) is 1. The first kappa shape index (κ1) is 22.7. The van der Waals surface area contributed by atoms with Crippen LogP contribution < -0.4 is 9.62 Å². The van der Waals surface area contributed by atoms with E-state index in [1.807, 2.05) is 31.2 Å². The van der Waals surface area contributed by atoms with E-state index in [1.54, 1.807) is 0 Å². The third kappa shape index (κ3) is 7.08. The Kier molecular flexibility index (Phi) is 7.29. The predicted molar refractivity (Wildman–Crippen MR) is 106 cm³/mol. The molecule has 0 bridgehead atoms. The summed E-state index contributed by atoms with van der Waals surface area (Å²) in [6.45, 7) is 1.85. The number of halogens is 3. The number of alkyl halides is 3. The Hall–Kier alpha value is -2.55. The van der Waals surface area contributed by atoms with Gasteiger partial charge in [0, 0.05) is 6.54 Å². The number of amides is 1. The van der Waals surface area contributed by atoms with Gasteiger partial charge >= 0.3 is 6.18 Å². The van der Waals surface area contributed by atoms with E-state index in [0.29, 0.717) is 13.0 Å². The second kappa shape index (κ2) is 9.30. The molecule has 0 spiro atoms. The maximum absolute atomic E-state index is 12.7. The van der Waals surface area contributed by atoms with Crippen molar-refractivity contribution < 1.29 is 26.4 Å². The van der Waals surface area contributed by atoms with Crippen molar-refractivity contribution in [2.24, 2.45) is 0 Å². The van der Waals surface area contributed by atoms with E-state index < -0.39 is 34.2 Å². The normalized spacial score (nSPS) is 11.9. The highest BCUT2D eigenvalue weighted by atomic mass is 32.2. The molecule has 0 heterocycles. The molecule has 2 aromatic carbocycles. The van der Waals surface area contributed by atoms with Crippen LogP contribution in [0.25, 0.3) is 0 Å². The van der Waals surface area contributed by atoms with Crippen molar-refractivity contribution in [3.63, 3.8) is 0 Å². The van der Waals surface area contributed by atoms with E-state index in [4.69, 9.17) is 0 Å². The molecule has 1 N–H and O–H groups in total. The summed E-state index contributed by atoms with van der Waals surface area (Å²) in [7, 11) is -3.85. The van der Waals surface area contributed by atoms with E-state index in [1.165, 1.54) is 0 Å². The summed E-state index contributed by atoms with van der Waals surface area (Å²) in [5.74, 6) is -0.528. The first-order chi connectivity index (χ1) is 13.5. The Labute approximate surface area is 168 Å². The van der Waals surface area contributed by atoms with Crippen molar-refractivity contribution in [2.45, 2.75) is 25.9 Å². The molecule has 0 aliphatic heterocycles. The molecule has 0 unspecified atom stereocenters. The van der Waals surface area contributed by atoms with Crippen LogP contribution in [0.4, 0.5) is 18.9 Å².